The Labute approximate surface area is 127 Å². The Hall–Kier alpha value is -2.24. The lowest BCUT2D eigenvalue weighted by Crippen LogP contribution is -2.39. The first-order chi connectivity index (χ1) is 10.5. The molecule has 0 spiro atoms. The van der Waals surface area contributed by atoms with E-state index in [2.05, 4.69) is 22.5 Å². The molecule has 4 nitrogen and oxygen atoms in total. The molecule has 0 fully saturated rings. The molecule has 0 radical (unpaired) electrons. The van der Waals surface area contributed by atoms with Crippen LogP contribution in [0.5, 0.6) is 0 Å². The van der Waals surface area contributed by atoms with Crippen molar-refractivity contribution >= 4 is 5.91 Å². The molecule has 6 heteroatoms. The molecule has 1 amide bonds. The molecule has 2 aromatic rings. The van der Waals surface area contributed by atoms with E-state index in [4.69, 9.17) is 0 Å². The topological polar surface area (TPSA) is 46.9 Å². The van der Waals surface area contributed by atoms with Crippen LogP contribution < -0.4 is 5.32 Å². The van der Waals surface area contributed by atoms with Crippen molar-refractivity contribution < 1.29 is 13.6 Å². The van der Waals surface area contributed by atoms with Crippen LogP contribution in [0, 0.1) is 6.92 Å². The van der Waals surface area contributed by atoms with Crippen LogP contribution in [0.3, 0.4) is 0 Å². The third kappa shape index (κ3) is 2.86. The fraction of sp³-hybridized carbons (Fsp3) is 0.375. The minimum Gasteiger partial charge on any atom is -0.348 e. The van der Waals surface area contributed by atoms with E-state index in [0.29, 0.717) is 4.68 Å². The van der Waals surface area contributed by atoms with E-state index in [1.54, 1.807) is 0 Å². The molecule has 1 aromatic carbocycles. The number of alkyl halides is 2. The zero-order valence-electron chi connectivity index (χ0n) is 12.2. The van der Waals surface area contributed by atoms with Crippen LogP contribution in [0.4, 0.5) is 8.78 Å². The molecule has 1 N–H and O–H groups in total. The third-order valence-electron chi connectivity index (χ3n) is 4.02. The number of halogens is 2. The van der Waals surface area contributed by atoms with E-state index in [1.807, 2.05) is 12.1 Å². The second-order valence-electron chi connectivity index (χ2n) is 5.58. The number of aryl methyl sites for hydroxylation is 2. The molecule has 22 heavy (non-hydrogen) atoms. The second-order valence-corrected chi connectivity index (χ2v) is 5.58. The average Bonchev–Trinajstić information content (AvgIpc) is 2.89. The average molecular weight is 305 g/mol. The Kier molecular flexibility index (Phi) is 3.92. The van der Waals surface area contributed by atoms with Crippen molar-refractivity contribution in [2.75, 3.05) is 0 Å². The molecule has 3 rings (SSSR count). The van der Waals surface area contributed by atoms with Crippen molar-refractivity contribution in [1.82, 2.24) is 15.1 Å². The minimum absolute atomic E-state index is 0.0133. The van der Waals surface area contributed by atoms with Gasteiger partial charge < -0.3 is 5.32 Å². The molecule has 1 aliphatic rings. The van der Waals surface area contributed by atoms with Gasteiger partial charge in [0.1, 0.15) is 0 Å². The zero-order chi connectivity index (χ0) is 15.7. The van der Waals surface area contributed by atoms with Crippen LogP contribution in [-0.4, -0.2) is 21.7 Å². The Balaban J connectivity index is 1.69. The number of nitrogens with one attached hydrogen (secondary N) is 1. The van der Waals surface area contributed by atoms with Gasteiger partial charge in [-0.25, -0.2) is 4.68 Å². The number of carbonyl (C=O) groups is 1. The third-order valence-corrected chi connectivity index (χ3v) is 4.02. The van der Waals surface area contributed by atoms with Crippen LogP contribution in [0.15, 0.2) is 30.3 Å². The van der Waals surface area contributed by atoms with Crippen LogP contribution >= 0.6 is 0 Å². The lowest BCUT2D eigenvalue weighted by atomic mass is 9.88. The van der Waals surface area contributed by atoms with Gasteiger partial charge in [0, 0.05) is 11.7 Å². The van der Waals surface area contributed by atoms with Gasteiger partial charge in [0.05, 0.1) is 0 Å². The summed E-state index contributed by atoms with van der Waals surface area (Å²) in [6.45, 7) is -1.23. The molecule has 0 aliphatic heterocycles. The summed E-state index contributed by atoms with van der Waals surface area (Å²) >= 11 is 0. The van der Waals surface area contributed by atoms with E-state index in [1.165, 1.54) is 24.1 Å². The molecular weight excluding hydrogens is 288 g/mol. The summed E-state index contributed by atoms with van der Waals surface area (Å²) in [5, 5.41) is 6.57. The van der Waals surface area contributed by atoms with E-state index in [9.17, 15) is 13.6 Å². The molecule has 0 saturated carbocycles. The fourth-order valence-corrected chi connectivity index (χ4v) is 2.88. The number of nitrogens with zero attached hydrogens (tertiary/aromatic N) is 2. The molecule has 1 atom stereocenters. The lowest BCUT2D eigenvalue weighted by molar-refractivity contribution is 0.0538. The second kappa shape index (κ2) is 5.87. The highest BCUT2D eigenvalue weighted by atomic mass is 19.3. The predicted molar refractivity (Wildman–Crippen MR) is 77.9 cm³/mol. The molecule has 1 heterocycles. The van der Waals surface area contributed by atoms with Gasteiger partial charge in [-0.15, -0.1) is 0 Å². The number of fused-ring (bicyclic) bond motifs is 1. The first kappa shape index (κ1) is 14.7. The van der Waals surface area contributed by atoms with Gasteiger partial charge in [0.25, 0.3) is 5.91 Å². The highest BCUT2D eigenvalue weighted by molar-refractivity contribution is 5.92. The minimum atomic E-state index is -2.73. The number of benzene rings is 1. The normalized spacial score (nSPS) is 17.4. The maximum atomic E-state index is 12.7. The van der Waals surface area contributed by atoms with Crippen molar-refractivity contribution in [2.24, 2.45) is 0 Å². The van der Waals surface area contributed by atoms with Crippen LogP contribution in [0.1, 0.15) is 40.3 Å². The Morgan fingerprint density at radius 2 is 2.09 bits per heavy atom. The Bertz CT molecular complexity index is 696. The predicted octanol–water partition coefficient (Wildman–Crippen LogP) is 2.87. The van der Waals surface area contributed by atoms with Gasteiger partial charge >= 0.3 is 6.55 Å². The van der Waals surface area contributed by atoms with Crippen LogP contribution in [0.25, 0.3) is 0 Å². The highest BCUT2D eigenvalue weighted by Crippen LogP contribution is 2.21. The molecule has 116 valence electrons. The van der Waals surface area contributed by atoms with E-state index in [0.717, 1.165) is 19.3 Å². The molecule has 0 bridgehead atoms. The van der Waals surface area contributed by atoms with Crippen molar-refractivity contribution in [3.05, 3.63) is 52.8 Å². The number of amides is 1. The first-order valence-corrected chi connectivity index (χ1v) is 7.26. The summed E-state index contributed by atoms with van der Waals surface area (Å²) in [5.41, 5.74) is 2.85. The summed E-state index contributed by atoms with van der Waals surface area (Å²) in [6.07, 6.45) is 2.51. The highest BCUT2D eigenvalue weighted by Gasteiger charge is 2.22. The van der Waals surface area contributed by atoms with Crippen LogP contribution in [-0.2, 0) is 12.8 Å². The van der Waals surface area contributed by atoms with Crippen molar-refractivity contribution in [3.8, 4) is 0 Å². The van der Waals surface area contributed by atoms with Gasteiger partial charge in [0.2, 0.25) is 0 Å². The number of carbonyl (C=O) groups excluding carboxylic acids is 1. The zero-order valence-corrected chi connectivity index (χ0v) is 12.2. The number of hydrogen-bond acceptors (Lipinski definition) is 2. The molecule has 1 aromatic heterocycles. The maximum absolute atomic E-state index is 12.7. The Morgan fingerprint density at radius 3 is 2.77 bits per heavy atom. The van der Waals surface area contributed by atoms with Crippen molar-refractivity contribution in [2.45, 2.75) is 38.8 Å². The SMILES string of the molecule is Cc1cc(C(=O)NC2CCc3ccccc3C2)nn1C(F)F. The smallest absolute Gasteiger partial charge is 0.333 e. The fourth-order valence-electron chi connectivity index (χ4n) is 2.88. The van der Waals surface area contributed by atoms with Gasteiger partial charge in [-0.1, -0.05) is 24.3 Å². The number of rotatable bonds is 3. The standard InChI is InChI=1S/C16H17F2N3O/c1-10-8-14(20-21(10)16(17)18)15(22)19-13-7-6-11-4-2-3-5-12(11)9-13/h2-5,8,13,16H,6-7,9H2,1H3,(H,19,22). The summed E-state index contributed by atoms with van der Waals surface area (Å²) in [4.78, 5) is 12.2. The number of hydrogen-bond donors (Lipinski definition) is 1. The summed E-state index contributed by atoms with van der Waals surface area (Å²) in [7, 11) is 0. The molecular formula is C16H17F2N3O. The van der Waals surface area contributed by atoms with Crippen molar-refractivity contribution in [3.63, 3.8) is 0 Å². The first-order valence-electron chi connectivity index (χ1n) is 7.26. The Morgan fingerprint density at radius 1 is 1.36 bits per heavy atom. The van der Waals surface area contributed by atoms with E-state index in [-0.39, 0.29) is 17.4 Å². The monoisotopic (exact) mass is 305 g/mol. The maximum Gasteiger partial charge on any atom is 0.333 e. The summed E-state index contributed by atoms with van der Waals surface area (Å²) in [5.74, 6) is -0.396. The molecule has 1 aliphatic carbocycles. The van der Waals surface area contributed by atoms with Crippen LogP contribution in [0.2, 0.25) is 0 Å². The molecule has 1 unspecified atom stereocenters. The van der Waals surface area contributed by atoms with Crippen molar-refractivity contribution in [1.29, 1.82) is 0 Å². The van der Waals surface area contributed by atoms with E-state index < -0.39 is 12.5 Å². The number of aromatic nitrogens is 2. The molecule has 0 saturated heterocycles. The van der Waals surface area contributed by atoms with E-state index >= 15 is 0 Å². The van der Waals surface area contributed by atoms with Gasteiger partial charge in [0.15, 0.2) is 5.69 Å². The quantitative estimate of drug-likeness (QED) is 0.948. The van der Waals surface area contributed by atoms with Gasteiger partial charge in [-0.2, -0.15) is 13.9 Å². The van der Waals surface area contributed by atoms with Gasteiger partial charge in [-0.05, 0) is 43.4 Å². The summed E-state index contributed by atoms with van der Waals surface area (Å²) in [6, 6.07) is 9.55. The largest absolute Gasteiger partial charge is 0.348 e. The summed E-state index contributed by atoms with van der Waals surface area (Å²) < 4.78 is 26.0. The lowest BCUT2D eigenvalue weighted by Gasteiger charge is -2.25. The van der Waals surface area contributed by atoms with Gasteiger partial charge in [-0.3, -0.25) is 4.79 Å².